The first-order chi connectivity index (χ1) is 9.69. The number of carbonyl (C=O) groups is 1. The fourth-order valence-corrected chi connectivity index (χ4v) is 2.19. The van der Waals surface area contributed by atoms with Gasteiger partial charge in [0.2, 0.25) is 0 Å². The molecule has 0 aromatic heterocycles. The fraction of sp³-hybridized carbons (Fsp3) is 0.533. The van der Waals surface area contributed by atoms with E-state index in [0.717, 1.165) is 4.47 Å². The highest BCUT2D eigenvalue weighted by Crippen LogP contribution is 2.17. The lowest BCUT2D eigenvalue weighted by Crippen LogP contribution is -2.49. The maximum absolute atomic E-state index is 12.0. The molecule has 1 rings (SSSR count). The Labute approximate surface area is 134 Å². The van der Waals surface area contributed by atoms with E-state index in [1.807, 2.05) is 31.1 Å². The number of hydrogen-bond donors (Lipinski definition) is 2. The molecule has 5 nitrogen and oxygen atoms in total. The number of hydrogen-bond acceptors (Lipinski definition) is 4. The van der Waals surface area contributed by atoms with Crippen LogP contribution in [-0.4, -0.2) is 54.8 Å². The van der Waals surface area contributed by atoms with Crippen LogP contribution < -0.4 is 10.1 Å². The zero-order valence-corrected chi connectivity index (χ0v) is 14.5. The molecule has 2 unspecified atom stereocenters. The van der Waals surface area contributed by atoms with E-state index in [0.29, 0.717) is 12.3 Å². The normalized spacial score (nSPS) is 15.4. The Kier molecular flexibility index (Phi) is 6.64. The van der Waals surface area contributed by atoms with E-state index in [-0.39, 0.29) is 12.5 Å². The van der Waals surface area contributed by atoms with Crippen LogP contribution in [0, 0.1) is 0 Å². The third-order valence-electron chi connectivity index (χ3n) is 2.80. The summed E-state index contributed by atoms with van der Waals surface area (Å²) >= 11 is 3.34. The molecule has 1 aromatic carbocycles. The Morgan fingerprint density at radius 2 is 2.00 bits per heavy atom. The predicted molar refractivity (Wildman–Crippen MR) is 86.4 cm³/mol. The van der Waals surface area contributed by atoms with Crippen LogP contribution in [0.4, 0.5) is 0 Å². The molecule has 0 aliphatic carbocycles. The maximum atomic E-state index is 12.0. The van der Waals surface area contributed by atoms with E-state index >= 15 is 0 Å². The van der Waals surface area contributed by atoms with Crippen LogP contribution in [0.15, 0.2) is 28.7 Å². The average Bonchev–Trinajstić information content (AvgIpc) is 2.37. The summed E-state index contributed by atoms with van der Waals surface area (Å²) < 4.78 is 6.50. The zero-order chi connectivity index (χ0) is 16.0. The van der Waals surface area contributed by atoms with E-state index in [9.17, 15) is 9.90 Å². The lowest BCUT2D eigenvalue weighted by atomic mass is 10.1. The molecule has 2 atom stereocenters. The number of amides is 1. The van der Waals surface area contributed by atoms with E-state index in [1.165, 1.54) is 0 Å². The number of carbonyl (C=O) groups excluding carboxylic acids is 1. The average molecular weight is 359 g/mol. The minimum atomic E-state index is -0.976. The van der Waals surface area contributed by atoms with Crippen molar-refractivity contribution < 1.29 is 14.6 Å². The summed E-state index contributed by atoms with van der Waals surface area (Å²) in [5.74, 6) is 0.373. The van der Waals surface area contributed by atoms with Crippen molar-refractivity contribution in [2.45, 2.75) is 25.6 Å². The van der Waals surface area contributed by atoms with Gasteiger partial charge in [-0.1, -0.05) is 15.9 Å². The Morgan fingerprint density at radius 1 is 1.43 bits per heavy atom. The van der Waals surface area contributed by atoms with Crippen molar-refractivity contribution in [3.63, 3.8) is 0 Å². The molecule has 21 heavy (non-hydrogen) atoms. The lowest BCUT2D eigenvalue weighted by molar-refractivity contribution is -0.128. The highest BCUT2D eigenvalue weighted by Gasteiger charge is 2.24. The number of ether oxygens (including phenoxy) is 1. The second-order valence-corrected chi connectivity index (χ2v) is 6.58. The fourth-order valence-electron chi connectivity index (χ4n) is 1.93. The predicted octanol–water partition coefficient (Wildman–Crippen LogP) is 1.65. The highest BCUT2D eigenvalue weighted by atomic mass is 79.9. The van der Waals surface area contributed by atoms with Gasteiger partial charge >= 0.3 is 0 Å². The van der Waals surface area contributed by atoms with Gasteiger partial charge in [0.15, 0.2) is 6.10 Å². The maximum Gasteiger partial charge on any atom is 0.260 e. The summed E-state index contributed by atoms with van der Waals surface area (Å²) in [6, 6.07) is 7.27. The van der Waals surface area contributed by atoms with Crippen LogP contribution in [0.2, 0.25) is 0 Å². The van der Waals surface area contributed by atoms with Crippen LogP contribution in [0.25, 0.3) is 0 Å². The van der Waals surface area contributed by atoms with E-state index in [2.05, 4.69) is 21.2 Å². The van der Waals surface area contributed by atoms with Crippen molar-refractivity contribution in [2.24, 2.45) is 0 Å². The molecule has 0 aliphatic rings. The second kappa shape index (κ2) is 7.77. The van der Waals surface area contributed by atoms with Gasteiger partial charge in [-0.25, -0.2) is 0 Å². The number of aliphatic hydroxyl groups is 1. The molecule has 118 valence electrons. The molecular formula is C15H23BrN2O3. The van der Waals surface area contributed by atoms with Gasteiger partial charge in [0.1, 0.15) is 5.75 Å². The third-order valence-corrected chi connectivity index (χ3v) is 3.32. The first kappa shape index (κ1) is 17.9. The number of benzene rings is 1. The summed E-state index contributed by atoms with van der Waals surface area (Å²) in [7, 11) is 3.74. The van der Waals surface area contributed by atoms with Gasteiger partial charge in [-0.05, 0) is 52.2 Å². The van der Waals surface area contributed by atoms with Crippen molar-refractivity contribution in [2.75, 3.05) is 27.2 Å². The van der Waals surface area contributed by atoms with Crippen molar-refractivity contribution in [1.29, 1.82) is 0 Å². The van der Waals surface area contributed by atoms with Crippen molar-refractivity contribution in [3.8, 4) is 5.75 Å². The summed E-state index contributed by atoms with van der Waals surface area (Å²) in [5, 5.41) is 12.8. The Morgan fingerprint density at radius 3 is 2.52 bits per heavy atom. The highest BCUT2D eigenvalue weighted by molar-refractivity contribution is 9.10. The number of likely N-dealkylation sites (N-methyl/N-ethyl adjacent to an activating group) is 1. The lowest BCUT2D eigenvalue weighted by Gasteiger charge is -2.27. The number of nitrogens with zero attached hydrogens (tertiary/aromatic N) is 1. The smallest absolute Gasteiger partial charge is 0.260 e. The molecular weight excluding hydrogens is 336 g/mol. The van der Waals surface area contributed by atoms with E-state index in [4.69, 9.17) is 4.74 Å². The third kappa shape index (κ3) is 6.93. The molecule has 0 radical (unpaired) electrons. The van der Waals surface area contributed by atoms with Crippen LogP contribution in [0.1, 0.15) is 13.8 Å². The number of rotatable bonds is 7. The van der Waals surface area contributed by atoms with Gasteiger partial charge in [-0.3, -0.25) is 4.79 Å². The molecule has 0 saturated heterocycles. The van der Waals surface area contributed by atoms with Gasteiger partial charge in [-0.15, -0.1) is 0 Å². The zero-order valence-electron chi connectivity index (χ0n) is 12.9. The molecule has 0 heterocycles. The standard InChI is InChI=1S/C15H23BrN2O3/c1-11(21-13-7-5-12(16)6-8-13)14(19)17-9-15(2,20)10-18(3)4/h5-8,11,20H,9-10H2,1-4H3,(H,17,19). The Bertz CT molecular complexity index is 460. The van der Waals surface area contributed by atoms with Gasteiger partial charge < -0.3 is 20.1 Å². The molecule has 2 N–H and O–H groups in total. The summed E-state index contributed by atoms with van der Waals surface area (Å²) in [5.41, 5.74) is -0.976. The largest absolute Gasteiger partial charge is 0.481 e. The SMILES string of the molecule is CC(Oc1ccc(Br)cc1)C(=O)NCC(C)(O)CN(C)C. The molecule has 1 aromatic rings. The molecule has 0 aliphatic heterocycles. The molecule has 0 fully saturated rings. The number of halogens is 1. The van der Waals surface area contributed by atoms with Gasteiger partial charge in [0, 0.05) is 17.6 Å². The van der Waals surface area contributed by atoms with Gasteiger partial charge in [0.25, 0.3) is 5.91 Å². The molecule has 1 amide bonds. The molecule has 0 saturated carbocycles. The number of nitrogens with one attached hydrogen (secondary N) is 1. The Balaban J connectivity index is 2.46. The van der Waals surface area contributed by atoms with Crippen LogP contribution >= 0.6 is 15.9 Å². The Hall–Kier alpha value is -1.11. The molecule has 0 spiro atoms. The topological polar surface area (TPSA) is 61.8 Å². The van der Waals surface area contributed by atoms with Crippen molar-refractivity contribution in [1.82, 2.24) is 10.2 Å². The van der Waals surface area contributed by atoms with Crippen LogP contribution in [-0.2, 0) is 4.79 Å². The summed E-state index contributed by atoms with van der Waals surface area (Å²) in [6.45, 7) is 4.01. The summed E-state index contributed by atoms with van der Waals surface area (Å²) in [4.78, 5) is 13.8. The van der Waals surface area contributed by atoms with E-state index in [1.54, 1.807) is 26.0 Å². The first-order valence-corrected chi connectivity index (χ1v) is 7.56. The molecule has 6 heteroatoms. The van der Waals surface area contributed by atoms with Crippen molar-refractivity contribution >= 4 is 21.8 Å². The minimum Gasteiger partial charge on any atom is -0.481 e. The van der Waals surface area contributed by atoms with Crippen molar-refractivity contribution in [3.05, 3.63) is 28.7 Å². The first-order valence-electron chi connectivity index (χ1n) is 6.77. The van der Waals surface area contributed by atoms with Gasteiger partial charge in [0.05, 0.1) is 5.60 Å². The van der Waals surface area contributed by atoms with Crippen LogP contribution in [0.5, 0.6) is 5.75 Å². The minimum absolute atomic E-state index is 0.179. The van der Waals surface area contributed by atoms with E-state index < -0.39 is 11.7 Å². The second-order valence-electron chi connectivity index (χ2n) is 5.67. The summed E-state index contributed by atoms with van der Waals surface area (Å²) in [6.07, 6.45) is -0.624. The molecule has 0 bridgehead atoms. The van der Waals surface area contributed by atoms with Gasteiger partial charge in [-0.2, -0.15) is 0 Å². The monoisotopic (exact) mass is 358 g/mol. The quantitative estimate of drug-likeness (QED) is 0.777. The van der Waals surface area contributed by atoms with Crippen LogP contribution in [0.3, 0.4) is 0 Å².